The molecule has 49 heavy (non-hydrogen) atoms. The van der Waals surface area contributed by atoms with Crippen LogP contribution in [0.5, 0.6) is 0 Å². The molecule has 0 saturated heterocycles. The Morgan fingerprint density at radius 2 is 1.41 bits per heavy atom. The molecule has 4 heteroatoms. The molecule has 1 N–H and O–H groups in total. The largest absolute Gasteiger partial charge is 0.432 e. The molecule has 1 aliphatic heterocycles. The third-order valence-electron chi connectivity index (χ3n) is 11.1. The second kappa shape index (κ2) is 13.4. The molecule has 3 nitrogen and oxygen atoms in total. The van der Waals surface area contributed by atoms with Crippen LogP contribution in [-0.4, -0.2) is 11.8 Å². The molecule has 2 aliphatic rings. The second-order valence-electron chi connectivity index (χ2n) is 17.8. The van der Waals surface area contributed by atoms with Crippen molar-refractivity contribution in [2.75, 3.05) is 0 Å². The van der Waals surface area contributed by atoms with Gasteiger partial charge in [0.1, 0.15) is 5.76 Å². The highest BCUT2D eigenvalue weighted by Gasteiger charge is 2.48. The van der Waals surface area contributed by atoms with Crippen molar-refractivity contribution in [2.45, 2.75) is 122 Å². The number of allylic oxidation sites excluding steroid dienone is 1. The lowest BCUT2D eigenvalue weighted by Gasteiger charge is -2.50. The van der Waals surface area contributed by atoms with Gasteiger partial charge in [0.05, 0.1) is 17.1 Å². The summed E-state index contributed by atoms with van der Waals surface area (Å²) in [6.07, 6.45) is 0.939. The third kappa shape index (κ3) is 7.05. The number of hydrogen-bond acceptors (Lipinski definition) is 3. The van der Waals surface area contributed by atoms with Gasteiger partial charge in [0.25, 0.3) is 0 Å². The first-order chi connectivity index (χ1) is 22.7. The Labute approximate surface area is 311 Å². The molecule has 0 spiro atoms. The van der Waals surface area contributed by atoms with E-state index < -0.39 is 0 Å². The molecular weight excluding hydrogens is 711 g/mol. The van der Waals surface area contributed by atoms with E-state index in [-0.39, 0.29) is 28.2 Å². The van der Waals surface area contributed by atoms with E-state index in [1.54, 1.807) is 0 Å². The predicted octanol–water partition coefficient (Wildman–Crippen LogP) is 12.5. The highest BCUT2D eigenvalue weighted by atomic mass is 127. The molecule has 0 radical (unpaired) electrons. The molecule has 3 unspecified atom stereocenters. The maximum absolute atomic E-state index is 6.14. The van der Waals surface area contributed by atoms with Crippen LogP contribution < -0.4 is 5.32 Å². The minimum Gasteiger partial charge on any atom is -0.432 e. The summed E-state index contributed by atoms with van der Waals surface area (Å²) in [4.78, 5) is 5.90. The Balaban J connectivity index is 1.92. The van der Waals surface area contributed by atoms with Gasteiger partial charge in [-0.25, -0.2) is 4.99 Å². The number of aliphatic imine (C=N–C) groups is 1. The highest BCUT2D eigenvalue weighted by Crippen LogP contribution is 2.52. The zero-order chi connectivity index (χ0) is 36.4. The number of halogens is 1. The van der Waals surface area contributed by atoms with Crippen LogP contribution in [0.1, 0.15) is 124 Å². The summed E-state index contributed by atoms with van der Waals surface area (Å²) in [5.41, 5.74) is 17.3. The van der Waals surface area contributed by atoms with Gasteiger partial charge in [-0.1, -0.05) is 109 Å². The van der Waals surface area contributed by atoms with Crippen LogP contribution in [0.25, 0.3) is 11.4 Å². The Hall–Kier alpha value is -2.86. The lowest BCUT2D eigenvalue weighted by atomic mass is 9.59. The molecule has 0 aromatic heterocycles. The van der Waals surface area contributed by atoms with Crippen LogP contribution in [0.15, 0.2) is 64.9 Å². The average molecular weight is 771 g/mol. The van der Waals surface area contributed by atoms with E-state index in [4.69, 9.17) is 8.06 Å². The number of fused-ring (bicyclic) bond motifs is 1. The number of benzene rings is 3. The van der Waals surface area contributed by atoms with E-state index >= 15 is 0 Å². The fourth-order valence-corrected chi connectivity index (χ4v) is 9.77. The standard InChI is InChI=1S/C45H59IN2O/c1-25-19-26(2)22-32(21-25)40-41(47-35-24-34(38(35)43(8,9)10)42(49-46)44(11,12)13)33-23-27(3)20-30(6)37(33)45(14,15)31(7)39(48-40)36-28(4)17-16-18-29(36)5/h16-23,31,35,38,47H,24H2,1-15H3/b41-40-,42-34-,48-39+. The van der Waals surface area contributed by atoms with Gasteiger partial charge >= 0.3 is 0 Å². The van der Waals surface area contributed by atoms with Crippen molar-refractivity contribution in [3.8, 4) is 0 Å². The first-order valence-electron chi connectivity index (χ1n) is 18.1. The fraction of sp³-hybridized carbons (Fsp3) is 0.489. The van der Waals surface area contributed by atoms with Crippen LogP contribution >= 0.6 is 23.0 Å². The zero-order valence-electron chi connectivity index (χ0n) is 32.8. The minimum absolute atomic E-state index is 0.0327. The van der Waals surface area contributed by atoms with E-state index in [0.29, 0.717) is 5.92 Å². The summed E-state index contributed by atoms with van der Waals surface area (Å²) in [6, 6.07) is 18.6. The Morgan fingerprint density at radius 3 is 1.94 bits per heavy atom. The summed E-state index contributed by atoms with van der Waals surface area (Å²) in [5, 5.41) is 4.27. The van der Waals surface area contributed by atoms with Gasteiger partial charge in [0, 0.05) is 40.0 Å². The van der Waals surface area contributed by atoms with Gasteiger partial charge in [0.15, 0.2) is 23.0 Å². The molecule has 5 rings (SSSR count). The maximum atomic E-state index is 6.14. The summed E-state index contributed by atoms with van der Waals surface area (Å²) < 4.78 is 6.14. The highest BCUT2D eigenvalue weighted by molar-refractivity contribution is 14.1. The molecule has 262 valence electrons. The van der Waals surface area contributed by atoms with Crippen molar-refractivity contribution in [1.29, 1.82) is 0 Å². The molecule has 0 bridgehead atoms. The van der Waals surface area contributed by atoms with E-state index in [9.17, 15) is 0 Å². The van der Waals surface area contributed by atoms with Crippen LogP contribution in [0.2, 0.25) is 0 Å². The van der Waals surface area contributed by atoms with Crippen molar-refractivity contribution < 1.29 is 3.07 Å². The molecule has 3 aromatic rings. The van der Waals surface area contributed by atoms with Crippen molar-refractivity contribution in [2.24, 2.45) is 27.7 Å². The lowest BCUT2D eigenvalue weighted by Crippen LogP contribution is -2.52. The van der Waals surface area contributed by atoms with E-state index in [2.05, 4.69) is 181 Å². The van der Waals surface area contributed by atoms with E-state index in [0.717, 1.165) is 34.8 Å². The molecule has 1 heterocycles. The molecule has 3 atom stereocenters. The molecule has 1 fully saturated rings. The molecular formula is C45H59IN2O. The van der Waals surface area contributed by atoms with Gasteiger partial charge in [-0.3, -0.25) is 0 Å². The monoisotopic (exact) mass is 770 g/mol. The Morgan fingerprint density at radius 1 is 0.837 bits per heavy atom. The van der Waals surface area contributed by atoms with Gasteiger partial charge in [0.2, 0.25) is 0 Å². The van der Waals surface area contributed by atoms with Crippen molar-refractivity contribution in [3.63, 3.8) is 0 Å². The number of hydrogen-bond donors (Lipinski definition) is 1. The third-order valence-corrected chi connectivity index (χ3v) is 11.6. The van der Waals surface area contributed by atoms with Crippen LogP contribution in [-0.2, 0) is 8.48 Å². The molecule has 1 saturated carbocycles. The topological polar surface area (TPSA) is 33.6 Å². The van der Waals surface area contributed by atoms with Crippen molar-refractivity contribution in [3.05, 3.63) is 115 Å². The Bertz CT molecular complexity index is 1830. The van der Waals surface area contributed by atoms with Gasteiger partial charge in [-0.2, -0.15) is 0 Å². The molecule has 0 amide bonds. The number of aryl methyl sites for hydroxylation is 6. The SMILES string of the molecule is Cc1cc(C)cc(C2=C(/NC3C/C(=C(/OI)C(C)(C)C)C3C(C)(C)C)c3cc(C)cc(C)c3C(C)(C)C(C)/C(c3c(C)cccc3C)=N\2)c1. The lowest BCUT2D eigenvalue weighted by molar-refractivity contribution is 0.150. The smallest absolute Gasteiger partial charge is 0.192 e. The van der Waals surface area contributed by atoms with Gasteiger partial charge in [-0.05, 0) is 105 Å². The number of nitrogens with zero attached hydrogens (tertiary/aromatic N) is 1. The summed E-state index contributed by atoms with van der Waals surface area (Å²) in [5.74, 6) is 1.58. The summed E-state index contributed by atoms with van der Waals surface area (Å²) in [6.45, 7) is 34.6. The number of nitrogens with one attached hydrogen (secondary N) is 1. The van der Waals surface area contributed by atoms with E-state index in [1.165, 1.54) is 55.6 Å². The second-order valence-corrected chi connectivity index (χ2v) is 18.2. The number of rotatable bonds is 5. The average Bonchev–Trinajstić information content (AvgIpc) is 2.93. The van der Waals surface area contributed by atoms with Gasteiger partial charge in [-0.15, -0.1) is 0 Å². The zero-order valence-corrected chi connectivity index (χ0v) is 34.9. The van der Waals surface area contributed by atoms with Crippen molar-refractivity contribution in [1.82, 2.24) is 5.32 Å². The fourth-order valence-electron chi connectivity index (χ4n) is 8.83. The van der Waals surface area contributed by atoms with Crippen LogP contribution in [0.3, 0.4) is 0 Å². The van der Waals surface area contributed by atoms with Crippen LogP contribution in [0, 0.1) is 64.2 Å². The van der Waals surface area contributed by atoms with Crippen LogP contribution in [0.4, 0.5) is 0 Å². The minimum atomic E-state index is -0.190. The quantitative estimate of drug-likeness (QED) is 0.207. The molecule has 3 aromatic carbocycles. The van der Waals surface area contributed by atoms with Gasteiger partial charge < -0.3 is 8.38 Å². The first-order valence-corrected chi connectivity index (χ1v) is 18.9. The maximum Gasteiger partial charge on any atom is 0.192 e. The normalized spacial score (nSPS) is 24.6. The van der Waals surface area contributed by atoms with E-state index in [1.807, 2.05) is 0 Å². The first kappa shape index (κ1) is 37.4. The van der Waals surface area contributed by atoms with Crippen molar-refractivity contribution >= 4 is 40.1 Å². The Kier molecular flexibility index (Phi) is 10.2. The molecule has 1 aliphatic carbocycles. The predicted molar refractivity (Wildman–Crippen MR) is 219 cm³/mol. The summed E-state index contributed by atoms with van der Waals surface area (Å²) in [7, 11) is 0. The summed E-state index contributed by atoms with van der Waals surface area (Å²) >= 11 is 2.09.